The van der Waals surface area contributed by atoms with Crippen molar-refractivity contribution >= 4 is 17.7 Å². The molecule has 4 heteroatoms. The number of rotatable bonds is 5. The fraction of sp³-hybridized carbons (Fsp3) is 0.308. The van der Waals surface area contributed by atoms with Crippen LogP contribution in [-0.4, -0.2) is 23.4 Å². The predicted octanol–water partition coefficient (Wildman–Crippen LogP) is 2.66. The van der Waals surface area contributed by atoms with E-state index < -0.39 is 5.97 Å². The van der Waals surface area contributed by atoms with E-state index >= 15 is 0 Å². The van der Waals surface area contributed by atoms with Gasteiger partial charge < -0.3 is 9.84 Å². The standard InChI is InChI=1S/C13H14O3S/c1-2-3-4-9-16-11-5-7-12(8-6-11)17-10-13(14)15/h5-8H,2,9-10H2,1H3,(H,14,15). The zero-order valence-corrected chi connectivity index (χ0v) is 10.4. The number of thioether (sulfide) groups is 1. The van der Waals surface area contributed by atoms with Crippen LogP contribution < -0.4 is 4.74 Å². The third-order valence-corrected chi connectivity index (χ3v) is 2.80. The van der Waals surface area contributed by atoms with E-state index in [9.17, 15) is 4.79 Å². The second kappa shape index (κ2) is 7.64. The molecule has 0 saturated carbocycles. The minimum absolute atomic E-state index is 0.0716. The van der Waals surface area contributed by atoms with Gasteiger partial charge in [-0.15, -0.1) is 17.7 Å². The highest BCUT2D eigenvalue weighted by Crippen LogP contribution is 2.21. The second-order valence-electron chi connectivity index (χ2n) is 3.15. The molecule has 1 rings (SSSR count). The average Bonchev–Trinajstić information content (AvgIpc) is 2.33. The van der Waals surface area contributed by atoms with E-state index in [1.165, 1.54) is 11.8 Å². The van der Waals surface area contributed by atoms with Gasteiger partial charge in [-0.25, -0.2) is 0 Å². The Hall–Kier alpha value is -1.60. The first-order chi connectivity index (χ1) is 8.22. The predicted molar refractivity (Wildman–Crippen MR) is 68.4 cm³/mol. The van der Waals surface area contributed by atoms with Gasteiger partial charge >= 0.3 is 5.97 Å². The van der Waals surface area contributed by atoms with Crippen molar-refractivity contribution < 1.29 is 14.6 Å². The van der Waals surface area contributed by atoms with Gasteiger partial charge in [0.1, 0.15) is 12.4 Å². The summed E-state index contributed by atoms with van der Waals surface area (Å²) in [5.41, 5.74) is 0. The molecule has 1 aromatic carbocycles. The van der Waals surface area contributed by atoms with Crippen LogP contribution in [0.25, 0.3) is 0 Å². The summed E-state index contributed by atoms with van der Waals surface area (Å²) in [4.78, 5) is 11.3. The minimum Gasteiger partial charge on any atom is -0.481 e. The molecule has 1 aromatic rings. The van der Waals surface area contributed by atoms with E-state index in [-0.39, 0.29) is 5.75 Å². The SMILES string of the molecule is CCC#CCOc1ccc(SCC(=O)O)cc1. The van der Waals surface area contributed by atoms with Crippen LogP contribution in [0, 0.1) is 11.8 Å². The maximum atomic E-state index is 10.4. The topological polar surface area (TPSA) is 46.5 Å². The summed E-state index contributed by atoms with van der Waals surface area (Å²) < 4.78 is 5.39. The van der Waals surface area contributed by atoms with Crippen LogP contribution in [0.5, 0.6) is 5.75 Å². The van der Waals surface area contributed by atoms with Crippen molar-refractivity contribution in [3.63, 3.8) is 0 Å². The molecule has 0 radical (unpaired) electrons. The Morgan fingerprint density at radius 3 is 2.65 bits per heavy atom. The molecule has 1 N–H and O–H groups in total. The van der Waals surface area contributed by atoms with Crippen LogP contribution in [0.4, 0.5) is 0 Å². The molecule has 17 heavy (non-hydrogen) atoms. The molecule has 0 aliphatic carbocycles. The Morgan fingerprint density at radius 2 is 2.06 bits per heavy atom. The first-order valence-corrected chi connectivity index (χ1v) is 6.24. The van der Waals surface area contributed by atoms with Crippen molar-refractivity contribution in [2.24, 2.45) is 0 Å². The Bertz CT molecular complexity index is 415. The third kappa shape index (κ3) is 5.88. The molecule has 0 fully saturated rings. The summed E-state index contributed by atoms with van der Waals surface area (Å²) in [5.74, 6) is 5.80. The summed E-state index contributed by atoms with van der Waals surface area (Å²) >= 11 is 1.29. The fourth-order valence-electron chi connectivity index (χ4n) is 1.07. The van der Waals surface area contributed by atoms with Gasteiger partial charge in [0.2, 0.25) is 0 Å². The van der Waals surface area contributed by atoms with Crippen LogP contribution in [0.15, 0.2) is 29.2 Å². The summed E-state index contributed by atoms with van der Waals surface area (Å²) in [5, 5.41) is 8.54. The van der Waals surface area contributed by atoms with Gasteiger partial charge in [0.25, 0.3) is 0 Å². The highest BCUT2D eigenvalue weighted by atomic mass is 32.2. The Morgan fingerprint density at radius 1 is 1.35 bits per heavy atom. The quantitative estimate of drug-likeness (QED) is 0.644. The van der Waals surface area contributed by atoms with Gasteiger partial charge in [0, 0.05) is 11.3 Å². The molecule has 0 atom stereocenters. The van der Waals surface area contributed by atoms with Crippen LogP contribution >= 0.6 is 11.8 Å². The highest BCUT2D eigenvalue weighted by molar-refractivity contribution is 8.00. The van der Waals surface area contributed by atoms with Gasteiger partial charge in [0.15, 0.2) is 0 Å². The van der Waals surface area contributed by atoms with Crippen LogP contribution in [0.3, 0.4) is 0 Å². The lowest BCUT2D eigenvalue weighted by Gasteiger charge is -2.03. The number of ether oxygens (including phenoxy) is 1. The van der Waals surface area contributed by atoms with Gasteiger partial charge in [-0.2, -0.15) is 0 Å². The molecule has 0 spiro atoms. The van der Waals surface area contributed by atoms with E-state index in [1.54, 1.807) is 0 Å². The normalized spacial score (nSPS) is 9.24. The van der Waals surface area contributed by atoms with Crippen molar-refractivity contribution in [1.82, 2.24) is 0 Å². The van der Waals surface area contributed by atoms with E-state index in [2.05, 4.69) is 11.8 Å². The Labute approximate surface area is 105 Å². The fourth-order valence-corrected chi connectivity index (χ4v) is 1.69. The van der Waals surface area contributed by atoms with E-state index in [1.807, 2.05) is 31.2 Å². The molecule has 0 aliphatic heterocycles. The number of benzene rings is 1. The first-order valence-electron chi connectivity index (χ1n) is 5.25. The molecular formula is C13H14O3S. The van der Waals surface area contributed by atoms with Gasteiger partial charge in [0.05, 0.1) is 5.75 Å². The smallest absolute Gasteiger partial charge is 0.313 e. The minimum atomic E-state index is -0.815. The molecule has 0 aromatic heterocycles. The summed E-state index contributed by atoms with van der Waals surface area (Å²) in [6.45, 7) is 2.37. The van der Waals surface area contributed by atoms with Crippen molar-refractivity contribution in [3.8, 4) is 17.6 Å². The van der Waals surface area contributed by atoms with E-state index in [4.69, 9.17) is 9.84 Å². The molecule has 0 amide bonds. The lowest BCUT2D eigenvalue weighted by molar-refractivity contribution is -0.133. The summed E-state index contributed by atoms with van der Waals surface area (Å²) in [7, 11) is 0. The van der Waals surface area contributed by atoms with Crippen LogP contribution in [-0.2, 0) is 4.79 Å². The molecular weight excluding hydrogens is 236 g/mol. The highest BCUT2D eigenvalue weighted by Gasteiger charge is 1.99. The van der Waals surface area contributed by atoms with Crippen molar-refractivity contribution in [2.75, 3.05) is 12.4 Å². The van der Waals surface area contributed by atoms with Crippen LogP contribution in [0.2, 0.25) is 0 Å². The number of carboxylic acid groups (broad SMARTS) is 1. The number of aliphatic carboxylic acids is 1. The van der Waals surface area contributed by atoms with E-state index in [0.717, 1.165) is 17.1 Å². The van der Waals surface area contributed by atoms with Crippen molar-refractivity contribution in [2.45, 2.75) is 18.2 Å². The number of hydrogen-bond donors (Lipinski definition) is 1. The monoisotopic (exact) mass is 250 g/mol. The third-order valence-electron chi connectivity index (χ3n) is 1.80. The molecule has 90 valence electrons. The van der Waals surface area contributed by atoms with Gasteiger partial charge in [-0.05, 0) is 24.3 Å². The maximum Gasteiger partial charge on any atom is 0.313 e. The van der Waals surface area contributed by atoms with Gasteiger partial charge in [-0.3, -0.25) is 4.79 Å². The lowest BCUT2D eigenvalue weighted by Crippen LogP contribution is -1.97. The van der Waals surface area contributed by atoms with Crippen LogP contribution in [0.1, 0.15) is 13.3 Å². The molecule has 3 nitrogen and oxygen atoms in total. The zero-order valence-electron chi connectivity index (χ0n) is 9.60. The molecule has 0 heterocycles. The zero-order chi connectivity index (χ0) is 12.5. The summed E-state index contributed by atoms with van der Waals surface area (Å²) in [6, 6.07) is 7.32. The van der Waals surface area contributed by atoms with Crippen molar-refractivity contribution in [3.05, 3.63) is 24.3 Å². The van der Waals surface area contributed by atoms with Gasteiger partial charge in [-0.1, -0.05) is 12.8 Å². The Kier molecular flexibility index (Phi) is 6.05. The first kappa shape index (κ1) is 13.5. The number of carboxylic acids is 1. The second-order valence-corrected chi connectivity index (χ2v) is 4.20. The molecule has 0 unspecified atom stereocenters. The van der Waals surface area contributed by atoms with E-state index in [0.29, 0.717) is 6.61 Å². The largest absolute Gasteiger partial charge is 0.481 e. The molecule has 0 saturated heterocycles. The molecule has 0 aliphatic rings. The molecule has 0 bridgehead atoms. The summed E-state index contributed by atoms with van der Waals surface area (Å²) in [6.07, 6.45) is 0.828. The maximum absolute atomic E-state index is 10.4. The Balaban J connectivity index is 2.41. The lowest BCUT2D eigenvalue weighted by atomic mass is 10.3. The van der Waals surface area contributed by atoms with Crippen molar-refractivity contribution in [1.29, 1.82) is 0 Å². The average molecular weight is 250 g/mol. The number of carbonyl (C=O) groups is 1. The number of hydrogen-bond acceptors (Lipinski definition) is 3.